The molecule has 4 aromatic carbocycles. The molecule has 2 heterocycles. The van der Waals surface area contributed by atoms with E-state index in [-0.39, 0.29) is 116 Å². The van der Waals surface area contributed by atoms with Crippen LogP contribution in [0.25, 0.3) is 12.2 Å². The van der Waals surface area contributed by atoms with E-state index in [1.165, 1.54) is 70.5 Å². The van der Waals surface area contributed by atoms with Crippen molar-refractivity contribution in [3.8, 4) is 0 Å². The molecule has 0 aliphatic rings. The minimum absolute atomic E-state index is 0.00379. The average Bonchev–Trinajstić information content (AvgIpc) is 3.31. The van der Waals surface area contributed by atoms with Crippen LogP contribution in [0.4, 0.5) is 64.1 Å². The Labute approximate surface area is 413 Å². The zero-order chi connectivity index (χ0) is 52.2. The predicted octanol–water partition coefficient (Wildman–Crippen LogP) is 1.47. The van der Waals surface area contributed by atoms with E-state index in [1.807, 2.05) is 0 Å². The van der Waals surface area contributed by atoms with Crippen molar-refractivity contribution in [2.24, 2.45) is 5.14 Å². The molecule has 0 radical (unpaired) electrons. The van der Waals surface area contributed by atoms with Gasteiger partial charge in [-0.2, -0.15) is 46.7 Å². The Kier molecular flexibility index (Phi) is 18.0. The summed E-state index contributed by atoms with van der Waals surface area (Å²) in [7, 11) is -14.0. The lowest BCUT2D eigenvalue weighted by molar-refractivity contribution is 0.279. The van der Waals surface area contributed by atoms with Crippen LogP contribution in [-0.2, 0) is 41.5 Å². The van der Waals surface area contributed by atoms with E-state index in [9.17, 15) is 59.0 Å². The van der Waals surface area contributed by atoms with E-state index in [1.54, 1.807) is 12.1 Å². The van der Waals surface area contributed by atoms with Gasteiger partial charge in [-0.05, 0) is 83.9 Å². The van der Waals surface area contributed by atoms with Gasteiger partial charge < -0.3 is 51.5 Å². The first-order valence-corrected chi connectivity index (χ1v) is 26.2. The van der Waals surface area contributed by atoms with Gasteiger partial charge in [0, 0.05) is 54.6 Å². The third-order valence-corrected chi connectivity index (χ3v) is 12.8. The number of benzene rings is 4. The fourth-order valence-corrected chi connectivity index (χ4v) is 8.71. The number of primary sulfonamides is 1. The van der Waals surface area contributed by atoms with Crippen LogP contribution in [0.15, 0.2) is 99.6 Å². The maximum absolute atomic E-state index is 12.8. The van der Waals surface area contributed by atoms with Gasteiger partial charge in [-0.1, -0.05) is 24.3 Å². The Morgan fingerprint density at radius 2 is 0.819 bits per heavy atom. The molecule has 0 bridgehead atoms. The Bertz CT molecular complexity index is 3260. The number of rotatable bonds is 25. The van der Waals surface area contributed by atoms with Crippen LogP contribution in [0.3, 0.4) is 0 Å². The van der Waals surface area contributed by atoms with Gasteiger partial charge in [-0.3, -0.25) is 18.4 Å². The molecule has 384 valence electrons. The molecule has 72 heavy (non-hydrogen) atoms. The molecule has 0 saturated carbocycles. The first kappa shape index (κ1) is 54.3. The summed E-state index contributed by atoms with van der Waals surface area (Å²) in [5.74, 6) is -0.610. The van der Waals surface area contributed by atoms with E-state index in [0.29, 0.717) is 17.1 Å². The van der Waals surface area contributed by atoms with Crippen molar-refractivity contribution in [1.29, 1.82) is 0 Å². The van der Waals surface area contributed by atoms with Crippen LogP contribution in [0.2, 0.25) is 0 Å². The number of nitrogens with two attached hydrogens (primary N) is 1. The number of aromatic nitrogens is 6. The molecule has 2 aromatic heterocycles. The Hall–Kier alpha value is -7.08. The van der Waals surface area contributed by atoms with E-state index in [0.717, 1.165) is 24.3 Å². The number of aliphatic hydroxyl groups excluding tert-OH is 4. The van der Waals surface area contributed by atoms with Crippen molar-refractivity contribution in [2.75, 3.05) is 88.4 Å². The summed E-state index contributed by atoms with van der Waals surface area (Å²) in [5.41, 5.74) is 0.809. The zero-order valence-electron chi connectivity index (χ0n) is 37.2. The summed E-state index contributed by atoms with van der Waals surface area (Å²) >= 11 is -2.31. The van der Waals surface area contributed by atoms with Gasteiger partial charge in [-0.25, -0.2) is 17.8 Å². The smallest absolute Gasteiger partial charge is 0.295 e. The average molecular weight is 1080 g/mol. The molecule has 1 unspecified atom stereocenters. The Balaban J connectivity index is 1.30. The van der Waals surface area contributed by atoms with Gasteiger partial charge in [-0.15, -0.1) is 0 Å². The highest BCUT2D eigenvalue weighted by molar-refractivity contribution is 7.89. The normalized spacial score (nSPS) is 12.3. The molecule has 0 amide bonds. The Morgan fingerprint density at radius 1 is 0.500 bits per heavy atom. The molecule has 6 aromatic rings. The molecule has 0 fully saturated rings. The summed E-state index contributed by atoms with van der Waals surface area (Å²) in [6.45, 7) is -1.46. The van der Waals surface area contributed by atoms with Crippen molar-refractivity contribution in [1.82, 2.24) is 29.9 Å². The predicted molar refractivity (Wildman–Crippen MR) is 266 cm³/mol. The second-order valence-electron chi connectivity index (χ2n) is 14.7. The molecule has 0 saturated heterocycles. The van der Waals surface area contributed by atoms with E-state index in [4.69, 9.17) is 9.69 Å². The van der Waals surface area contributed by atoms with E-state index < -0.39 is 51.3 Å². The highest BCUT2D eigenvalue weighted by atomic mass is 32.2. The molecule has 0 aliphatic heterocycles. The molecule has 0 aliphatic carbocycles. The molecular weight excluding hydrogens is 1030 g/mol. The SMILES string of the molecule is NS(=O)(=O)c1ccc(Nc2nc(Nc3ccc(C=Cc4ccc(Nc5nc(Nc6ccc(NS(=O)O)cc6)nc(N(CCO)CCO)n5)cc4S(=O)(=O)O)c(S(=O)(=O)O)c3)nc(N(CCO)CCO)n2)cc1. The molecule has 28 nitrogen and oxygen atoms in total. The van der Waals surface area contributed by atoms with Crippen LogP contribution in [0, 0.1) is 0 Å². The van der Waals surface area contributed by atoms with Crippen molar-refractivity contribution in [2.45, 2.75) is 14.7 Å². The molecule has 6 rings (SSSR count). The van der Waals surface area contributed by atoms with Gasteiger partial charge in [0.15, 0.2) is 0 Å². The van der Waals surface area contributed by atoms with Crippen LogP contribution >= 0.6 is 0 Å². The number of anilines is 11. The number of hydrogen-bond donors (Lipinski definition) is 13. The summed E-state index contributed by atoms with van der Waals surface area (Å²) < 4.78 is 118. The topological polar surface area (TPSA) is 431 Å². The first-order chi connectivity index (χ1) is 34.1. The van der Waals surface area contributed by atoms with Crippen LogP contribution in [0.5, 0.6) is 0 Å². The van der Waals surface area contributed by atoms with Gasteiger partial charge in [0.1, 0.15) is 9.79 Å². The monoisotopic (exact) mass is 1070 g/mol. The number of nitrogens with one attached hydrogen (secondary N) is 5. The van der Waals surface area contributed by atoms with E-state index in [2.05, 4.69) is 55.9 Å². The highest BCUT2D eigenvalue weighted by Gasteiger charge is 2.21. The number of aliphatic hydroxyl groups is 4. The minimum Gasteiger partial charge on any atom is -0.395 e. The van der Waals surface area contributed by atoms with Crippen LogP contribution in [-0.4, -0.2) is 146 Å². The standard InChI is InChI=1S/C40H46N14O14S4/c41-70(61,62)32-13-11-28(12-14-32)43-36-47-38(51-40(49-36)54(17-21-57)18-22-58)45-31-6-4-26(34(24-31)72(66,67)68)2-1-25-3-5-30(23-33(25)71(63,64)65)44-37-46-35(48-39(50-37)53(15-19-55)16-20-56)42-27-7-9-29(10-8-27)52-69(59)60/h1-14,23-24,52,55-58H,15-22H2,(H,59,60)(H2,41,61,62)(H,63,64,65)(H,66,67,68)(H2,42,44,46,48,50)(H2,43,45,47,49,51). The number of nitrogens with zero attached hydrogens (tertiary/aromatic N) is 8. The fraction of sp³-hybridized carbons (Fsp3) is 0.200. The van der Waals surface area contributed by atoms with Crippen LogP contribution in [0.1, 0.15) is 11.1 Å². The van der Waals surface area contributed by atoms with Gasteiger partial charge in [0.25, 0.3) is 31.5 Å². The lowest BCUT2D eigenvalue weighted by atomic mass is 10.1. The van der Waals surface area contributed by atoms with Crippen molar-refractivity contribution >= 4 is 118 Å². The molecular formula is C40H46N14O14S4. The summed E-state index contributed by atoms with van der Waals surface area (Å²) in [4.78, 5) is 27.4. The molecule has 0 spiro atoms. The summed E-state index contributed by atoms with van der Waals surface area (Å²) in [5, 5.41) is 55.4. The first-order valence-electron chi connectivity index (χ1n) is 20.7. The lowest BCUT2D eigenvalue weighted by Crippen LogP contribution is -2.31. The molecule has 1 atom stereocenters. The second kappa shape index (κ2) is 23.9. The summed E-state index contributed by atoms with van der Waals surface area (Å²) in [6.07, 6.45) is 2.32. The van der Waals surface area contributed by atoms with Crippen molar-refractivity contribution in [3.63, 3.8) is 0 Å². The fourth-order valence-electron chi connectivity index (χ4n) is 6.44. The number of sulfonamides is 1. The third kappa shape index (κ3) is 15.2. The van der Waals surface area contributed by atoms with Crippen LogP contribution < -0.4 is 40.9 Å². The maximum Gasteiger partial charge on any atom is 0.295 e. The lowest BCUT2D eigenvalue weighted by Gasteiger charge is -2.21. The van der Waals surface area contributed by atoms with Gasteiger partial charge in [0.05, 0.1) is 31.3 Å². The third-order valence-electron chi connectivity index (χ3n) is 9.62. The van der Waals surface area contributed by atoms with Crippen molar-refractivity contribution in [3.05, 3.63) is 96.1 Å². The van der Waals surface area contributed by atoms with Crippen molar-refractivity contribution < 1.29 is 63.5 Å². The number of hydrogen-bond acceptors (Lipinski definition) is 23. The van der Waals surface area contributed by atoms with Gasteiger partial charge in [0.2, 0.25) is 45.7 Å². The second-order valence-corrected chi connectivity index (χ2v) is 19.8. The maximum atomic E-state index is 12.8. The van der Waals surface area contributed by atoms with Gasteiger partial charge >= 0.3 is 0 Å². The zero-order valence-corrected chi connectivity index (χ0v) is 40.4. The van der Waals surface area contributed by atoms with E-state index >= 15 is 0 Å². The molecule has 32 heteroatoms. The summed E-state index contributed by atoms with van der Waals surface area (Å²) in [6, 6.07) is 18.7. The largest absolute Gasteiger partial charge is 0.395 e. The molecule has 14 N–H and O–H groups in total. The minimum atomic E-state index is -5.01. The highest BCUT2D eigenvalue weighted by Crippen LogP contribution is 2.30. The Morgan fingerprint density at radius 3 is 1.14 bits per heavy atom. The quantitative estimate of drug-likeness (QED) is 0.0219.